The number of carbonyl (C=O) groups is 1. The lowest BCUT2D eigenvalue weighted by Crippen LogP contribution is -1.99. The predicted molar refractivity (Wildman–Crippen MR) is 41.8 cm³/mol. The highest BCUT2D eigenvalue weighted by Crippen LogP contribution is 2.04. The summed E-state index contributed by atoms with van der Waals surface area (Å²) in [4.78, 5) is 10.5. The first kappa shape index (κ1) is 7.94. The van der Waals surface area contributed by atoms with Crippen molar-refractivity contribution < 1.29 is 13.2 Å². The molecule has 0 spiro atoms. The van der Waals surface area contributed by atoms with Crippen LogP contribution >= 0.6 is 0 Å². The van der Waals surface area contributed by atoms with Crippen molar-refractivity contribution in [2.75, 3.05) is 0 Å². The molecule has 4 heteroatoms. The Morgan fingerprint density at radius 2 is 2.09 bits per heavy atom. The molecule has 0 amide bonds. The Hall–Kier alpha value is -1.16. The summed E-state index contributed by atoms with van der Waals surface area (Å²) in [6, 6.07) is 0. The molecule has 0 unspecified atom stereocenters. The van der Waals surface area contributed by atoms with Crippen LogP contribution < -0.4 is 0 Å². The number of rotatable bonds is 1. The molecular formula is C7H6O3S. The van der Waals surface area contributed by atoms with Gasteiger partial charge in [0.15, 0.2) is 0 Å². The molecule has 0 saturated carbocycles. The lowest BCUT2D eigenvalue weighted by Gasteiger charge is -1.98. The van der Waals surface area contributed by atoms with E-state index in [0.29, 0.717) is 23.1 Å². The summed E-state index contributed by atoms with van der Waals surface area (Å²) in [5.74, 6) is 0. The first-order chi connectivity index (χ1) is 5.24. The van der Waals surface area contributed by atoms with Gasteiger partial charge in [0.2, 0.25) is 10.3 Å². The average Bonchev–Trinajstić information content (AvgIpc) is 2.05. The van der Waals surface area contributed by atoms with E-state index in [1.807, 2.05) is 0 Å². The van der Waals surface area contributed by atoms with Gasteiger partial charge in [0, 0.05) is 12.0 Å². The molecule has 1 aliphatic rings. The first-order valence-corrected chi connectivity index (χ1v) is 4.10. The molecule has 11 heavy (non-hydrogen) atoms. The molecule has 0 heterocycles. The minimum Gasteiger partial charge on any atom is -0.298 e. The van der Waals surface area contributed by atoms with Gasteiger partial charge in [-0.1, -0.05) is 12.2 Å². The molecule has 3 nitrogen and oxygen atoms in total. The quantitative estimate of drug-likeness (QED) is 0.415. The number of hydrogen-bond donors (Lipinski definition) is 0. The predicted octanol–water partition coefficient (Wildman–Crippen LogP) is 0.123. The van der Waals surface area contributed by atoms with Crippen molar-refractivity contribution in [2.24, 2.45) is 0 Å². The van der Waals surface area contributed by atoms with Gasteiger partial charge in [-0.15, -0.1) is 0 Å². The third kappa shape index (κ3) is 1.88. The SMILES string of the molecule is O=CC1=CCC(=S(=O)=O)C=C1. The minimum absolute atomic E-state index is 0.315. The second kappa shape index (κ2) is 3.30. The van der Waals surface area contributed by atoms with Crippen molar-refractivity contribution in [3.8, 4) is 0 Å². The minimum atomic E-state index is -2.15. The zero-order valence-corrected chi connectivity index (χ0v) is 6.47. The summed E-state index contributed by atoms with van der Waals surface area (Å²) in [7, 11) is -2.15. The maximum Gasteiger partial charge on any atom is 0.217 e. The van der Waals surface area contributed by atoms with Gasteiger partial charge in [-0.25, -0.2) is 0 Å². The van der Waals surface area contributed by atoms with Crippen molar-refractivity contribution in [3.63, 3.8) is 0 Å². The normalized spacial score (nSPS) is 16.0. The van der Waals surface area contributed by atoms with Crippen molar-refractivity contribution in [1.82, 2.24) is 0 Å². The Bertz CT molecular complexity index is 349. The molecule has 0 aromatic heterocycles. The Balaban J connectivity index is 2.98. The largest absolute Gasteiger partial charge is 0.298 e. The zero-order valence-electron chi connectivity index (χ0n) is 5.65. The molecule has 58 valence electrons. The molecule has 0 fully saturated rings. The third-order valence-electron chi connectivity index (χ3n) is 1.35. The standard InChI is InChI=1S/C7H6O3S/c8-5-6-1-3-7(4-2-6)11(9)10/h1-3,5H,4H2. The van der Waals surface area contributed by atoms with E-state index in [1.54, 1.807) is 6.08 Å². The van der Waals surface area contributed by atoms with E-state index in [0.717, 1.165) is 0 Å². The van der Waals surface area contributed by atoms with Gasteiger partial charge in [-0.05, 0) is 6.08 Å². The van der Waals surface area contributed by atoms with Gasteiger partial charge >= 0.3 is 0 Å². The Labute approximate surface area is 65.6 Å². The van der Waals surface area contributed by atoms with E-state index in [1.165, 1.54) is 12.2 Å². The van der Waals surface area contributed by atoms with Crippen molar-refractivity contribution in [2.45, 2.75) is 6.42 Å². The molecule has 0 aromatic carbocycles. The van der Waals surface area contributed by atoms with Crippen LogP contribution in [0.3, 0.4) is 0 Å². The Kier molecular flexibility index (Phi) is 2.38. The van der Waals surface area contributed by atoms with Gasteiger partial charge in [-0.2, -0.15) is 8.42 Å². The molecule has 0 radical (unpaired) electrons. The molecular weight excluding hydrogens is 164 g/mol. The van der Waals surface area contributed by atoms with Crippen LogP contribution in [0.4, 0.5) is 0 Å². The van der Waals surface area contributed by atoms with Crippen LogP contribution in [0.1, 0.15) is 6.42 Å². The van der Waals surface area contributed by atoms with Crippen LogP contribution in [0.2, 0.25) is 0 Å². The summed E-state index contributed by atoms with van der Waals surface area (Å²) >= 11 is 0. The fourth-order valence-electron chi connectivity index (χ4n) is 0.755. The maximum atomic E-state index is 10.3. The van der Waals surface area contributed by atoms with E-state index >= 15 is 0 Å². The molecule has 0 atom stereocenters. The number of allylic oxidation sites excluding steroid dienone is 4. The van der Waals surface area contributed by atoms with Gasteiger partial charge in [0.05, 0.1) is 4.86 Å². The van der Waals surface area contributed by atoms with Crippen LogP contribution in [-0.4, -0.2) is 19.6 Å². The summed E-state index contributed by atoms with van der Waals surface area (Å²) in [5, 5.41) is 0. The summed E-state index contributed by atoms with van der Waals surface area (Å²) in [5.41, 5.74) is 0.527. The van der Waals surface area contributed by atoms with Crippen LogP contribution in [0.15, 0.2) is 23.8 Å². The third-order valence-corrected chi connectivity index (χ3v) is 2.08. The molecule has 0 bridgehead atoms. The van der Waals surface area contributed by atoms with Crippen LogP contribution in [-0.2, 0) is 15.1 Å². The molecule has 0 saturated heterocycles. The van der Waals surface area contributed by atoms with Crippen LogP contribution in [0, 0.1) is 0 Å². The van der Waals surface area contributed by atoms with Gasteiger partial charge < -0.3 is 0 Å². The highest BCUT2D eigenvalue weighted by atomic mass is 32.2. The van der Waals surface area contributed by atoms with Gasteiger partial charge in [0.1, 0.15) is 6.29 Å². The fourth-order valence-corrected chi connectivity index (χ4v) is 1.15. The van der Waals surface area contributed by atoms with E-state index in [-0.39, 0.29) is 0 Å². The number of hydrogen-bond acceptors (Lipinski definition) is 3. The summed E-state index contributed by atoms with van der Waals surface area (Å²) in [6.07, 6.45) is 5.52. The number of carbonyl (C=O) groups excluding carboxylic acids is 1. The lowest BCUT2D eigenvalue weighted by molar-refractivity contribution is -0.104. The van der Waals surface area contributed by atoms with Gasteiger partial charge in [0.25, 0.3) is 0 Å². The second-order valence-electron chi connectivity index (χ2n) is 2.06. The van der Waals surface area contributed by atoms with E-state index in [2.05, 4.69) is 0 Å². The van der Waals surface area contributed by atoms with Crippen LogP contribution in [0.5, 0.6) is 0 Å². The zero-order chi connectivity index (χ0) is 8.27. The van der Waals surface area contributed by atoms with E-state index < -0.39 is 10.3 Å². The summed E-state index contributed by atoms with van der Waals surface area (Å²) in [6.45, 7) is 0. The van der Waals surface area contributed by atoms with E-state index in [9.17, 15) is 13.2 Å². The van der Waals surface area contributed by atoms with Crippen LogP contribution in [0.25, 0.3) is 0 Å². The first-order valence-electron chi connectivity index (χ1n) is 3.02. The molecule has 1 aliphatic carbocycles. The molecule has 0 aromatic rings. The molecule has 0 aliphatic heterocycles. The Morgan fingerprint density at radius 3 is 2.45 bits per heavy atom. The van der Waals surface area contributed by atoms with E-state index in [4.69, 9.17) is 0 Å². The highest BCUT2D eigenvalue weighted by Gasteiger charge is 2.01. The maximum absolute atomic E-state index is 10.3. The highest BCUT2D eigenvalue weighted by molar-refractivity contribution is 7.73. The smallest absolute Gasteiger partial charge is 0.217 e. The van der Waals surface area contributed by atoms with Gasteiger partial charge in [-0.3, -0.25) is 4.79 Å². The fraction of sp³-hybridized carbons (Fsp3) is 0.143. The number of aldehydes is 1. The second-order valence-corrected chi connectivity index (χ2v) is 3.05. The molecule has 1 rings (SSSR count). The Morgan fingerprint density at radius 1 is 1.36 bits per heavy atom. The summed E-state index contributed by atoms with van der Waals surface area (Å²) < 4.78 is 20.7. The monoisotopic (exact) mass is 170 g/mol. The lowest BCUT2D eigenvalue weighted by atomic mass is 10.1. The van der Waals surface area contributed by atoms with Crippen molar-refractivity contribution >= 4 is 21.4 Å². The van der Waals surface area contributed by atoms with Crippen molar-refractivity contribution in [1.29, 1.82) is 0 Å². The van der Waals surface area contributed by atoms with Crippen molar-refractivity contribution in [3.05, 3.63) is 23.8 Å². The molecule has 0 N–H and O–H groups in total. The average molecular weight is 170 g/mol. The topological polar surface area (TPSA) is 51.2 Å².